The third-order valence-corrected chi connectivity index (χ3v) is 4.28. The first-order valence-corrected chi connectivity index (χ1v) is 8.76. The summed E-state index contributed by atoms with van der Waals surface area (Å²) in [7, 11) is 0. The molecule has 1 aliphatic rings. The quantitative estimate of drug-likeness (QED) is 0.548. The molecule has 1 aliphatic carbocycles. The van der Waals surface area contributed by atoms with Crippen molar-refractivity contribution in [2.24, 2.45) is 5.92 Å². The van der Waals surface area contributed by atoms with Crippen molar-refractivity contribution in [1.82, 2.24) is 25.7 Å². The number of nitrogens with one attached hydrogen (secondary N) is 2. The maximum atomic E-state index is 11.9. The lowest BCUT2D eigenvalue weighted by molar-refractivity contribution is -0.123. The highest BCUT2D eigenvalue weighted by Gasteiger charge is 2.21. The third-order valence-electron chi connectivity index (χ3n) is 4.28. The fourth-order valence-electron chi connectivity index (χ4n) is 2.63. The predicted octanol–water partition coefficient (Wildman–Crippen LogP) is 1.42. The van der Waals surface area contributed by atoms with Crippen LogP contribution in [-0.4, -0.2) is 39.5 Å². The Morgan fingerprint density at radius 1 is 1.22 bits per heavy atom. The normalized spacial score (nSPS) is 13.5. The van der Waals surface area contributed by atoms with Crippen LogP contribution in [0.4, 0.5) is 5.82 Å². The summed E-state index contributed by atoms with van der Waals surface area (Å²) in [5.41, 5.74) is 7.47. The van der Waals surface area contributed by atoms with Gasteiger partial charge < -0.3 is 20.5 Å². The minimum absolute atomic E-state index is 0.0283. The molecule has 1 amide bonds. The third kappa shape index (κ3) is 4.25. The van der Waals surface area contributed by atoms with Gasteiger partial charge in [0.2, 0.25) is 5.65 Å². The van der Waals surface area contributed by atoms with Crippen molar-refractivity contribution in [3.8, 4) is 11.5 Å². The van der Waals surface area contributed by atoms with Crippen LogP contribution in [0.3, 0.4) is 0 Å². The Balaban J connectivity index is 1.40. The van der Waals surface area contributed by atoms with Gasteiger partial charge in [-0.15, -0.1) is 5.10 Å². The van der Waals surface area contributed by atoms with Gasteiger partial charge in [-0.05, 0) is 24.8 Å². The van der Waals surface area contributed by atoms with E-state index in [2.05, 4.69) is 25.7 Å². The molecule has 27 heavy (non-hydrogen) atoms. The number of anilines is 1. The number of carbonyl (C=O) groups is 1. The zero-order chi connectivity index (χ0) is 18.6. The number of nitrogen functional groups attached to an aromatic ring is 1. The molecule has 4 rings (SSSR count). The maximum absolute atomic E-state index is 11.9. The van der Waals surface area contributed by atoms with Crippen LogP contribution in [0.25, 0.3) is 11.2 Å². The Hall–Kier alpha value is -3.36. The van der Waals surface area contributed by atoms with Gasteiger partial charge in [-0.1, -0.05) is 18.2 Å². The fourth-order valence-corrected chi connectivity index (χ4v) is 2.63. The van der Waals surface area contributed by atoms with Gasteiger partial charge in [0.1, 0.15) is 18.2 Å². The van der Waals surface area contributed by atoms with Crippen LogP contribution in [0.2, 0.25) is 0 Å². The number of hydrogen-bond donors (Lipinski definition) is 3. The number of fused-ring (bicyclic) bond motifs is 1. The first kappa shape index (κ1) is 17.1. The number of aromatic nitrogens is 4. The van der Waals surface area contributed by atoms with E-state index in [1.54, 1.807) is 12.1 Å². The average Bonchev–Trinajstić information content (AvgIpc) is 3.39. The second-order valence-corrected chi connectivity index (χ2v) is 6.47. The highest BCUT2D eigenvalue weighted by molar-refractivity contribution is 5.79. The van der Waals surface area contributed by atoms with Crippen molar-refractivity contribution in [2.75, 3.05) is 18.9 Å². The van der Waals surface area contributed by atoms with Crippen molar-refractivity contribution in [3.63, 3.8) is 0 Å². The molecule has 2 aromatic heterocycles. The van der Waals surface area contributed by atoms with Crippen molar-refractivity contribution in [3.05, 3.63) is 35.9 Å². The Bertz CT molecular complexity index is 953. The molecule has 0 bridgehead atoms. The number of benzene rings is 1. The predicted molar refractivity (Wildman–Crippen MR) is 98.1 cm³/mol. The van der Waals surface area contributed by atoms with Crippen LogP contribution < -0.4 is 20.5 Å². The zero-order valence-electron chi connectivity index (χ0n) is 14.6. The molecule has 4 N–H and O–H groups in total. The number of hydrogen-bond acceptors (Lipinski definition) is 7. The van der Waals surface area contributed by atoms with E-state index in [1.807, 2.05) is 18.2 Å². The Morgan fingerprint density at radius 2 is 2.07 bits per heavy atom. The highest BCUT2D eigenvalue weighted by atomic mass is 16.5. The number of amides is 1. The van der Waals surface area contributed by atoms with E-state index >= 15 is 0 Å². The average molecular weight is 368 g/mol. The van der Waals surface area contributed by atoms with Gasteiger partial charge >= 0.3 is 0 Å². The summed E-state index contributed by atoms with van der Waals surface area (Å²) in [6, 6.07) is 9.01. The maximum Gasteiger partial charge on any atom is 0.257 e. The molecule has 1 aromatic carbocycles. The standard InChI is InChI=1S/C18H20N6O3/c19-15-7-14(17-18(21-15)23-24-22-17)26-9-12-3-1-2-4-13(12)27-10-16(25)20-8-11-5-6-11/h1-4,7,11H,5-6,8-10H2,(H,20,25)(H3,19,21,22,23,24). The van der Waals surface area contributed by atoms with Gasteiger partial charge in [-0.2, -0.15) is 10.3 Å². The van der Waals surface area contributed by atoms with Gasteiger partial charge in [0, 0.05) is 18.2 Å². The molecule has 0 saturated heterocycles. The summed E-state index contributed by atoms with van der Waals surface area (Å²) in [6.45, 7) is 0.925. The monoisotopic (exact) mass is 368 g/mol. The van der Waals surface area contributed by atoms with Crippen LogP contribution >= 0.6 is 0 Å². The number of aromatic amines is 1. The molecule has 1 fully saturated rings. The molecule has 0 atom stereocenters. The summed E-state index contributed by atoms with van der Waals surface area (Å²) in [5, 5.41) is 13.3. The number of rotatable bonds is 8. The SMILES string of the molecule is Nc1cc(OCc2ccccc2OCC(=O)NCC2CC2)c2n[nH]nc2n1. The van der Waals surface area contributed by atoms with Crippen LogP contribution in [0.1, 0.15) is 18.4 Å². The molecule has 3 aromatic rings. The number of pyridine rings is 1. The van der Waals surface area contributed by atoms with E-state index in [1.165, 1.54) is 12.8 Å². The lowest BCUT2D eigenvalue weighted by Crippen LogP contribution is -2.30. The van der Waals surface area contributed by atoms with Crippen molar-refractivity contribution in [1.29, 1.82) is 0 Å². The van der Waals surface area contributed by atoms with E-state index in [-0.39, 0.29) is 19.1 Å². The first-order chi connectivity index (χ1) is 13.2. The second kappa shape index (κ2) is 7.48. The van der Waals surface area contributed by atoms with Gasteiger partial charge in [0.15, 0.2) is 17.9 Å². The number of H-pyrrole nitrogens is 1. The van der Waals surface area contributed by atoms with Crippen LogP contribution in [-0.2, 0) is 11.4 Å². The minimum Gasteiger partial charge on any atom is -0.486 e. The van der Waals surface area contributed by atoms with Crippen LogP contribution in [0.5, 0.6) is 11.5 Å². The molecular weight excluding hydrogens is 348 g/mol. The van der Waals surface area contributed by atoms with E-state index in [9.17, 15) is 4.79 Å². The smallest absolute Gasteiger partial charge is 0.257 e. The van der Waals surface area contributed by atoms with Gasteiger partial charge in [0.25, 0.3) is 5.91 Å². The van der Waals surface area contributed by atoms with E-state index < -0.39 is 0 Å². The topological polar surface area (TPSA) is 128 Å². The van der Waals surface area contributed by atoms with E-state index in [0.29, 0.717) is 34.4 Å². The number of para-hydroxylation sites is 1. The molecule has 0 aliphatic heterocycles. The molecule has 1 saturated carbocycles. The highest BCUT2D eigenvalue weighted by Crippen LogP contribution is 2.28. The molecule has 0 spiro atoms. The second-order valence-electron chi connectivity index (χ2n) is 6.47. The lowest BCUT2D eigenvalue weighted by Gasteiger charge is -2.13. The zero-order valence-corrected chi connectivity index (χ0v) is 14.6. The van der Waals surface area contributed by atoms with Crippen LogP contribution in [0, 0.1) is 5.92 Å². The number of ether oxygens (including phenoxy) is 2. The molecule has 9 heteroatoms. The Kier molecular flexibility index (Phi) is 4.73. The molecule has 140 valence electrons. The fraction of sp³-hybridized carbons (Fsp3) is 0.333. The van der Waals surface area contributed by atoms with Crippen LogP contribution in [0.15, 0.2) is 30.3 Å². The summed E-state index contributed by atoms with van der Waals surface area (Å²) < 4.78 is 11.5. The number of nitrogens with zero attached hydrogens (tertiary/aromatic N) is 3. The first-order valence-electron chi connectivity index (χ1n) is 8.76. The molecule has 0 unspecified atom stereocenters. The molecule has 2 heterocycles. The van der Waals surface area contributed by atoms with Crippen molar-refractivity contribution in [2.45, 2.75) is 19.4 Å². The van der Waals surface area contributed by atoms with Crippen molar-refractivity contribution < 1.29 is 14.3 Å². The number of nitrogens with two attached hydrogens (primary N) is 1. The summed E-state index contributed by atoms with van der Waals surface area (Å²) >= 11 is 0. The van der Waals surface area contributed by atoms with E-state index in [4.69, 9.17) is 15.2 Å². The molecule has 9 nitrogen and oxygen atoms in total. The Morgan fingerprint density at radius 3 is 2.93 bits per heavy atom. The van der Waals surface area contributed by atoms with Gasteiger partial charge in [-0.3, -0.25) is 4.79 Å². The molecule has 0 radical (unpaired) electrons. The minimum atomic E-state index is -0.121. The van der Waals surface area contributed by atoms with Crippen molar-refractivity contribution >= 4 is 22.9 Å². The lowest BCUT2D eigenvalue weighted by atomic mass is 10.2. The summed E-state index contributed by atoms with van der Waals surface area (Å²) in [6.07, 6.45) is 2.39. The van der Waals surface area contributed by atoms with Gasteiger partial charge in [0.05, 0.1) is 0 Å². The number of carbonyl (C=O) groups excluding carboxylic acids is 1. The van der Waals surface area contributed by atoms with Gasteiger partial charge in [-0.25, -0.2) is 4.98 Å². The van der Waals surface area contributed by atoms with E-state index in [0.717, 1.165) is 12.1 Å². The Labute approximate surface area is 155 Å². The largest absolute Gasteiger partial charge is 0.486 e. The summed E-state index contributed by atoms with van der Waals surface area (Å²) in [5.74, 6) is 1.88. The molecular formula is C18H20N6O3. The summed E-state index contributed by atoms with van der Waals surface area (Å²) in [4.78, 5) is 16.0.